The molecular formula is C33H32ClF3N8O5. The number of alkyl halides is 3. The Morgan fingerprint density at radius 2 is 1.76 bits per heavy atom. The van der Waals surface area contributed by atoms with E-state index in [1.165, 1.54) is 4.90 Å². The van der Waals surface area contributed by atoms with Crippen molar-refractivity contribution in [2.24, 2.45) is 0 Å². The lowest BCUT2D eigenvalue weighted by Gasteiger charge is -2.36. The molecule has 0 unspecified atom stereocenters. The molecule has 0 saturated carbocycles. The average molecular weight is 713 g/mol. The number of piperazine rings is 1. The van der Waals surface area contributed by atoms with Crippen molar-refractivity contribution < 1.29 is 32.3 Å². The standard InChI is InChI=1S/C33H32ClF3N8O5/c1-2-25-27(42-12-14-43(15-13-42)31(49)29(47)38-22-6-4-3-5-7-22)30(48)45-32(40-28(41-45)20-10-16-50-17-11-20)44(25)19-26(46)39-24-9-8-21(18-23(24)34)33(35,36)37/h3-10,18H,2,11-17,19H2,1H3,(H,38,47)(H,39,46). The molecule has 4 aromatic rings. The van der Waals surface area contributed by atoms with Gasteiger partial charge in [-0.1, -0.05) is 42.8 Å². The lowest BCUT2D eigenvalue weighted by Crippen LogP contribution is -2.53. The molecule has 0 atom stereocenters. The van der Waals surface area contributed by atoms with E-state index in [9.17, 15) is 32.3 Å². The molecule has 50 heavy (non-hydrogen) atoms. The number of anilines is 3. The van der Waals surface area contributed by atoms with E-state index in [0.717, 1.165) is 28.3 Å². The number of benzene rings is 2. The van der Waals surface area contributed by atoms with Gasteiger partial charge in [0.2, 0.25) is 11.7 Å². The van der Waals surface area contributed by atoms with Crippen LogP contribution in [0.2, 0.25) is 5.02 Å². The highest BCUT2D eigenvalue weighted by atomic mass is 35.5. The number of carbonyl (C=O) groups is 3. The van der Waals surface area contributed by atoms with E-state index in [2.05, 4.69) is 20.7 Å². The number of rotatable bonds is 7. The molecule has 4 heterocycles. The van der Waals surface area contributed by atoms with Crippen molar-refractivity contribution in [3.8, 4) is 0 Å². The van der Waals surface area contributed by atoms with Crippen LogP contribution in [0.25, 0.3) is 11.4 Å². The third kappa shape index (κ3) is 7.21. The third-order valence-corrected chi connectivity index (χ3v) is 8.70. The summed E-state index contributed by atoms with van der Waals surface area (Å²) in [5.41, 5.74) is 0.499. The van der Waals surface area contributed by atoms with Gasteiger partial charge >= 0.3 is 18.0 Å². The molecular weight excluding hydrogens is 681 g/mol. The first-order chi connectivity index (χ1) is 23.9. The maximum atomic E-state index is 14.1. The summed E-state index contributed by atoms with van der Waals surface area (Å²) in [7, 11) is 0. The maximum Gasteiger partial charge on any atom is 0.416 e. The van der Waals surface area contributed by atoms with Gasteiger partial charge in [0.15, 0.2) is 5.82 Å². The highest BCUT2D eigenvalue weighted by Gasteiger charge is 2.32. The van der Waals surface area contributed by atoms with E-state index < -0.39 is 35.0 Å². The topological polar surface area (TPSA) is 143 Å². The lowest BCUT2D eigenvalue weighted by atomic mass is 10.1. The molecule has 3 amide bonds. The first-order valence-corrected chi connectivity index (χ1v) is 16.2. The number of aromatic nitrogens is 4. The summed E-state index contributed by atoms with van der Waals surface area (Å²) >= 11 is 6.10. The average Bonchev–Trinajstić information content (AvgIpc) is 3.57. The van der Waals surface area contributed by atoms with Crippen LogP contribution in [0.3, 0.4) is 0 Å². The molecule has 2 aliphatic rings. The van der Waals surface area contributed by atoms with Crippen molar-refractivity contribution in [3.63, 3.8) is 0 Å². The zero-order valence-electron chi connectivity index (χ0n) is 26.8. The Kier molecular flexibility index (Phi) is 9.93. The number of ether oxygens (including phenoxy) is 1. The Labute approximate surface area is 288 Å². The number of nitrogens with zero attached hydrogens (tertiary/aromatic N) is 6. The number of halogens is 4. The molecule has 2 aliphatic heterocycles. The van der Waals surface area contributed by atoms with E-state index >= 15 is 0 Å². The van der Waals surface area contributed by atoms with E-state index in [0.29, 0.717) is 36.8 Å². The van der Waals surface area contributed by atoms with Crippen LogP contribution in [0.4, 0.5) is 30.2 Å². The van der Waals surface area contributed by atoms with Crippen LogP contribution in [0.1, 0.15) is 30.4 Å². The maximum absolute atomic E-state index is 14.1. The number of hydrogen-bond donors (Lipinski definition) is 2. The second-order valence-electron chi connectivity index (χ2n) is 11.6. The number of carbonyl (C=O) groups excluding carboxylic acids is 3. The molecule has 2 aromatic carbocycles. The largest absolute Gasteiger partial charge is 0.416 e. The summed E-state index contributed by atoms with van der Waals surface area (Å²) in [4.78, 5) is 61.0. The molecule has 0 spiro atoms. The van der Waals surface area contributed by atoms with Crippen LogP contribution < -0.4 is 21.1 Å². The van der Waals surface area contributed by atoms with Crippen molar-refractivity contribution in [2.45, 2.75) is 32.5 Å². The van der Waals surface area contributed by atoms with Crippen LogP contribution in [0.5, 0.6) is 0 Å². The van der Waals surface area contributed by atoms with Gasteiger partial charge in [-0.2, -0.15) is 22.7 Å². The molecule has 2 aromatic heterocycles. The first-order valence-electron chi connectivity index (χ1n) is 15.8. The smallest absolute Gasteiger partial charge is 0.377 e. The number of nitrogens with one attached hydrogen (secondary N) is 2. The van der Waals surface area contributed by atoms with E-state index in [4.69, 9.17) is 16.3 Å². The highest BCUT2D eigenvalue weighted by molar-refractivity contribution is 6.39. The van der Waals surface area contributed by atoms with Gasteiger partial charge < -0.3 is 29.7 Å². The summed E-state index contributed by atoms with van der Waals surface area (Å²) in [6.07, 6.45) is -2.00. The summed E-state index contributed by atoms with van der Waals surface area (Å²) in [5.74, 6) is -1.73. The molecule has 17 heteroatoms. The summed E-state index contributed by atoms with van der Waals surface area (Å²) in [5, 5.41) is 9.38. The van der Waals surface area contributed by atoms with Gasteiger partial charge in [0.25, 0.3) is 5.56 Å². The molecule has 1 saturated heterocycles. The van der Waals surface area contributed by atoms with Crippen LogP contribution >= 0.6 is 11.6 Å². The molecule has 2 N–H and O–H groups in total. The first kappa shape index (κ1) is 34.6. The summed E-state index contributed by atoms with van der Waals surface area (Å²) < 4.78 is 47.6. The second-order valence-corrected chi connectivity index (χ2v) is 12.0. The Hall–Kier alpha value is -5.22. The van der Waals surface area contributed by atoms with Crippen molar-refractivity contribution in [1.82, 2.24) is 24.1 Å². The minimum Gasteiger partial charge on any atom is -0.377 e. The summed E-state index contributed by atoms with van der Waals surface area (Å²) in [6.45, 7) is 2.92. The van der Waals surface area contributed by atoms with E-state index in [1.807, 2.05) is 13.0 Å². The molecule has 0 radical (unpaired) electrons. The number of fused-ring (bicyclic) bond motifs is 1. The molecule has 6 rings (SSSR count). The predicted octanol–water partition coefficient (Wildman–Crippen LogP) is 3.86. The van der Waals surface area contributed by atoms with E-state index in [1.54, 1.807) is 39.8 Å². The highest BCUT2D eigenvalue weighted by Crippen LogP contribution is 2.34. The van der Waals surface area contributed by atoms with Crippen molar-refractivity contribution in [3.05, 3.63) is 87.1 Å². The number of amides is 3. The molecule has 1 fully saturated rings. The van der Waals surface area contributed by atoms with Gasteiger partial charge in [0.05, 0.1) is 35.2 Å². The van der Waals surface area contributed by atoms with Crippen LogP contribution in [-0.2, 0) is 38.3 Å². The van der Waals surface area contributed by atoms with Crippen molar-refractivity contribution >= 4 is 57.7 Å². The zero-order valence-corrected chi connectivity index (χ0v) is 27.6. The Morgan fingerprint density at radius 1 is 1.02 bits per heavy atom. The SMILES string of the molecule is CCc1c(N2CCN(C(=O)C(=O)Nc3ccccc3)CC2)c(=O)n2nc(C3=CCOCC3)nc2n1CC(=O)Nc1ccc(C(F)(F)F)cc1Cl. The minimum absolute atomic E-state index is 0.0217. The lowest BCUT2D eigenvalue weighted by molar-refractivity contribution is -0.143. The Balaban J connectivity index is 1.30. The fourth-order valence-electron chi connectivity index (χ4n) is 5.90. The van der Waals surface area contributed by atoms with Gasteiger partial charge in [-0.3, -0.25) is 19.2 Å². The van der Waals surface area contributed by atoms with Crippen LogP contribution in [-0.4, -0.2) is 81.2 Å². The van der Waals surface area contributed by atoms with Crippen LogP contribution in [0.15, 0.2) is 59.4 Å². The predicted molar refractivity (Wildman–Crippen MR) is 179 cm³/mol. The van der Waals surface area contributed by atoms with Gasteiger partial charge in [0.1, 0.15) is 12.2 Å². The quantitative estimate of drug-likeness (QED) is 0.275. The molecule has 0 bridgehead atoms. The van der Waals surface area contributed by atoms with Gasteiger partial charge in [-0.15, -0.1) is 5.10 Å². The minimum atomic E-state index is -4.61. The number of hydrogen-bond acceptors (Lipinski definition) is 8. The Morgan fingerprint density at radius 3 is 2.40 bits per heavy atom. The monoisotopic (exact) mass is 712 g/mol. The normalized spacial score (nSPS) is 15.2. The molecule has 0 aliphatic carbocycles. The van der Waals surface area contributed by atoms with E-state index in [-0.39, 0.29) is 61.3 Å². The fraction of sp³-hybridized carbons (Fsp3) is 0.333. The third-order valence-electron chi connectivity index (χ3n) is 8.39. The fourth-order valence-corrected chi connectivity index (χ4v) is 6.13. The van der Waals surface area contributed by atoms with Gasteiger partial charge in [-0.05, 0) is 48.7 Å². The Bertz CT molecular complexity index is 2040. The second kappa shape index (κ2) is 14.3. The van der Waals surface area contributed by atoms with Gasteiger partial charge in [0, 0.05) is 31.9 Å². The van der Waals surface area contributed by atoms with Crippen LogP contribution in [0, 0.1) is 0 Å². The van der Waals surface area contributed by atoms with Gasteiger partial charge in [-0.25, -0.2) is 0 Å². The van der Waals surface area contributed by atoms with Crippen molar-refractivity contribution in [1.29, 1.82) is 0 Å². The molecule has 13 nitrogen and oxygen atoms in total. The molecule has 262 valence electrons. The summed E-state index contributed by atoms with van der Waals surface area (Å²) in [6, 6.07) is 11.2. The zero-order chi connectivity index (χ0) is 35.6. The number of para-hydroxylation sites is 1. The van der Waals surface area contributed by atoms with Crippen molar-refractivity contribution in [2.75, 3.05) is 54.9 Å².